The fourth-order valence-corrected chi connectivity index (χ4v) is 2.62. The molecule has 1 atom stereocenters. The lowest BCUT2D eigenvalue weighted by atomic mass is 9.86. The normalized spacial score (nSPS) is 14.4. The van der Waals surface area contributed by atoms with Gasteiger partial charge in [-0.3, -0.25) is 9.69 Å². The van der Waals surface area contributed by atoms with E-state index >= 15 is 0 Å². The van der Waals surface area contributed by atoms with Crippen LogP contribution in [0.5, 0.6) is 0 Å². The van der Waals surface area contributed by atoms with E-state index in [-0.39, 0.29) is 11.4 Å². The van der Waals surface area contributed by atoms with Crippen LogP contribution in [-0.4, -0.2) is 29.1 Å². The zero-order chi connectivity index (χ0) is 14.6. The number of halogens is 2. The highest BCUT2D eigenvalue weighted by Gasteiger charge is 2.34. The Morgan fingerprint density at radius 1 is 1.42 bits per heavy atom. The first-order valence-corrected chi connectivity index (χ1v) is 6.65. The van der Waals surface area contributed by atoms with Gasteiger partial charge in [-0.05, 0) is 37.7 Å². The van der Waals surface area contributed by atoms with E-state index in [4.69, 9.17) is 16.7 Å². The van der Waals surface area contributed by atoms with Crippen LogP contribution < -0.4 is 0 Å². The monoisotopic (exact) mass is 287 g/mol. The minimum atomic E-state index is -0.894. The summed E-state index contributed by atoms with van der Waals surface area (Å²) in [5.41, 5.74) is 0.0113. The Labute approximate surface area is 118 Å². The number of aliphatic carboxylic acids is 1. The molecule has 0 heterocycles. The molecule has 0 aliphatic rings. The van der Waals surface area contributed by atoms with E-state index in [1.54, 1.807) is 6.07 Å². The van der Waals surface area contributed by atoms with Crippen LogP contribution in [0.2, 0.25) is 5.02 Å². The molecule has 1 aromatic rings. The van der Waals surface area contributed by atoms with Gasteiger partial charge in [0.25, 0.3) is 0 Å². The first kappa shape index (κ1) is 15.9. The van der Waals surface area contributed by atoms with Crippen molar-refractivity contribution in [1.29, 1.82) is 0 Å². The third-order valence-electron chi connectivity index (χ3n) is 3.50. The highest BCUT2D eigenvalue weighted by atomic mass is 35.5. The standard InChI is InChI=1S/C14H19ClFNO2/c1-4-17(5-2)14(3,9-13(18)19)10-6-7-12(16)11(15)8-10/h6-8H,4-5,9H2,1-3H3,(H,18,19). The van der Waals surface area contributed by atoms with Gasteiger partial charge in [0, 0.05) is 0 Å². The van der Waals surface area contributed by atoms with E-state index in [1.807, 2.05) is 25.7 Å². The van der Waals surface area contributed by atoms with E-state index in [0.29, 0.717) is 18.7 Å². The van der Waals surface area contributed by atoms with Crippen molar-refractivity contribution < 1.29 is 14.3 Å². The van der Waals surface area contributed by atoms with Crippen LogP contribution in [0.15, 0.2) is 18.2 Å². The fraction of sp³-hybridized carbons (Fsp3) is 0.500. The van der Waals surface area contributed by atoms with Crippen LogP contribution >= 0.6 is 11.6 Å². The summed E-state index contributed by atoms with van der Waals surface area (Å²) in [5.74, 6) is -1.39. The van der Waals surface area contributed by atoms with Crippen molar-refractivity contribution in [2.24, 2.45) is 0 Å². The Hall–Kier alpha value is -1.13. The molecule has 0 aliphatic carbocycles. The topological polar surface area (TPSA) is 40.5 Å². The molecule has 19 heavy (non-hydrogen) atoms. The average molecular weight is 288 g/mol. The number of nitrogens with zero attached hydrogens (tertiary/aromatic N) is 1. The minimum absolute atomic E-state index is 0.0151. The smallest absolute Gasteiger partial charge is 0.305 e. The molecule has 0 amide bonds. The number of benzene rings is 1. The second kappa shape index (κ2) is 6.35. The summed E-state index contributed by atoms with van der Waals surface area (Å²) in [4.78, 5) is 13.2. The van der Waals surface area contributed by atoms with Crippen molar-refractivity contribution in [2.75, 3.05) is 13.1 Å². The number of hydrogen-bond donors (Lipinski definition) is 1. The predicted octanol–water partition coefficient (Wildman–Crippen LogP) is 3.51. The molecular formula is C14H19ClFNO2. The number of carbonyl (C=O) groups is 1. The predicted molar refractivity (Wildman–Crippen MR) is 73.9 cm³/mol. The molecule has 0 fully saturated rings. The zero-order valence-corrected chi connectivity index (χ0v) is 12.2. The van der Waals surface area contributed by atoms with Crippen LogP contribution in [0, 0.1) is 5.82 Å². The maximum atomic E-state index is 13.3. The zero-order valence-electron chi connectivity index (χ0n) is 11.4. The lowest BCUT2D eigenvalue weighted by Crippen LogP contribution is -2.45. The highest BCUT2D eigenvalue weighted by molar-refractivity contribution is 6.30. The second-order valence-corrected chi connectivity index (χ2v) is 5.05. The van der Waals surface area contributed by atoms with E-state index in [0.717, 1.165) is 0 Å². The van der Waals surface area contributed by atoms with E-state index in [9.17, 15) is 9.18 Å². The van der Waals surface area contributed by atoms with Crippen LogP contribution in [0.3, 0.4) is 0 Å². The largest absolute Gasteiger partial charge is 0.481 e. The maximum absolute atomic E-state index is 13.3. The molecule has 0 aromatic heterocycles. The molecule has 1 unspecified atom stereocenters. The third-order valence-corrected chi connectivity index (χ3v) is 3.79. The molecule has 0 spiro atoms. The molecule has 3 nitrogen and oxygen atoms in total. The quantitative estimate of drug-likeness (QED) is 0.870. The number of carboxylic acid groups (broad SMARTS) is 1. The van der Waals surface area contributed by atoms with Gasteiger partial charge in [-0.2, -0.15) is 0 Å². The minimum Gasteiger partial charge on any atom is -0.481 e. The molecule has 0 bridgehead atoms. The van der Waals surface area contributed by atoms with Gasteiger partial charge in [-0.15, -0.1) is 0 Å². The van der Waals surface area contributed by atoms with Gasteiger partial charge in [0.2, 0.25) is 0 Å². The fourth-order valence-electron chi connectivity index (χ4n) is 2.44. The van der Waals surface area contributed by atoms with Crippen LogP contribution in [-0.2, 0) is 10.3 Å². The molecule has 106 valence electrons. The lowest BCUT2D eigenvalue weighted by molar-refractivity contribution is -0.140. The Morgan fingerprint density at radius 2 is 2.00 bits per heavy atom. The van der Waals surface area contributed by atoms with Crippen LogP contribution in [0.1, 0.15) is 32.8 Å². The summed E-state index contributed by atoms with van der Waals surface area (Å²) < 4.78 is 13.3. The van der Waals surface area contributed by atoms with Gasteiger partial charge in [0.1, 0.15) is 5.82 Å². The van der Waals surface area contributed by atoms with Gasteiger partial charge >= 0.3 is 5.97 Å². The van der Waals surface area contributed by atoms with Gasteiger partial charge in [-0.1, -0.05) is 31.5 Å². The molecule has 0 saturated heterocycles. The van der Waals surface area contributed by atoms with Crippen molar-refractivity contribution >= 4 is 17.6 Å². The molecule has 5 heteroatoms. The van der Waals surface area contributed by atoms with Gasteiger partial charge in [-0.25, -0.2) is 4.39 Å². The summed E-state index contributed by atoms with van der Waals surface area (Å²) in [5, 5.41) is 9.16. The highest BCUT2D eigenvalue weighted by Crippen LogP contribution is 2.33. The van der Waals surface area contributed by atoms with E-state index in [1.165, 1.54) is 12.1 Å². The number of rotatable bonds is 6. The molecule has 0 saturated carbocycles. The third kappa shape index (κ3) is 3.45. The SMILES string of the molecule is CCN(CC)C(C)(CC(=O)O)c1ccc(F)c(Cl)c1. The lowest BCUT2D eigenvalue weighted by Gasteiger charge is -2.40. The van der Waals surface area contributed by atoms with Gasteiger partial charge < -0.3 is 5.11 Å². The van der Waals surface area contributed by atoms with Crippen LogP contribution in [0.25, 0.3) is 0 Å². The van der Waals surface area contributed by atoms with Crippen molar-refractivity contribution in [2.45, 2.75) is 32.7 Å². The number of hydrogen-bond acceptors (Lipinski definition) is 2. The molecule has 1 rings (SSSR count). The summed E-state index contributed by atoms with van der Waals surface area (Å²) >= 11 is 5.81. The Bertz CT molecular complexity index is 463. The maximum Gasteiger partial charge on any atom is 0.305 e. The Morgan fingerprint density at radius 3 is 2.42 bits per heavy atom. The first-order valence-electron chi connectivity index (χ1n) is 6.27. The Kier molecular flexibility index (Phi) is 5.32. The molecule has 0 aliphatic heterocycles. The molecule has 1 N–H and O–H groups in total. The average Bonchev–Trinajstić information content (AvgIpc) is 2.33. The van der Waals surface area contributed by atoms with Crippen molar-refractivity contribution in [1.82, 2.24) is 4.90 Å². The summed E-state index contributed by atoms with van der Waals surface area (Å²) in [7, 11) is 0. The number of carboxylic acids is 1. The van der Waals surface area contributed by atoms with E-state index in [2.05, 4.69) is 0 Å². The molecular weight excluding hydrogens is 269 g/mol. The Balaban J connectivity index is 3.29. The van der Waals surface area contributed by atoms with Crippen molar-refractivity contribution in [3.63, 3.8) is 0 Å². The van der Waals surface area contributed by atoms with Crippen molar-refractivity contribution in [3.05, 3.63) is 34.6 Å². The van der Waals surface area contributed by atoms with E-state index < -0.39 is 17.3 Å². The second-order valence-electron chi connectivity index (χ2n) is 4.65. The summed E-state index contributed by atoms with van der Waals surface area (Å²) in [6.07, 6.45) is -0.0589. The molecule has 0 radical (unpaired) electrons. The van der Waals surface area contributed by atoms with Gasteiger partial charge in [0.15, 0.2) is 0 Å². The van der Waals surface area contributed by atoms with Crippen molar-refractivity contribution in [3.8, 4) is 0 Å². The first-order chi connectivity index (χ1) is 8.85. The van der Waals surface area contributed by atoms with Gasteiger partial charge in [0.05, 0.1) is 17.0 Å². The summed E-state index contributed by atoms with van der Waals surface area (Å²) in [6.45, 7) is 7.19. The van der Waals surface area contributed by atoms with Crippen LogP contribution in [0.4, 0.5) is 4.39 Å². The summed E-state index contributed by atoms with van der Waals surface area (Å²) in [6, 6.07) is 4.39. The molecule has 1 aromatic carbocycles.